The van der Waals surface area contributed by atoms with E-state index < -0.39 is 99.7 Å². The van der Waals surface area contributed by atoms with Crippen LogP contribution >= 0.6 is 0 Å². The largest absolute Gasteiger partial charge is 0.455 e. The van der Waals surface area contributed by atoms with Crippen LogP contribution in [0.4, 0.5) is 39.6 Å². The number of amides is 3. The molecule has 1 aliphatic rings. The Kier molecular flexibility index (Phi) is 17.2. The van der Waals surface area contributed by atoms with Gasteiger partial charge < -0.3 is 20.3 Å². The predicted octanol–water partition coefficient (Wildman–Crippen LogP) is 2.08. The first kappa shape index (κ1) is 37.2. The predicted molar refractivity (Wildman–Crippen MR) is 130 cm³/mol. The molecule has 244 valence electrons. The zero-order valence-electron chi connectivity index (χ0n) is 22.6. The van der Waals surface area contributed by atoms with Crippen molar-refractivity contribution < 1.29 is 63.5 Å². The number of nitrogens with one attached hydrogen (secondary N) is 2. The summed E-state index contributed by atoms with van der Waals surface area (Å²) < 4.78 is 126. The number of unbranched alkanes of at least 4 members (excludes halogenated alkanes) is 1. The Hall–Kier alpha value is -2.79. The molecule has 0 aromatic heterocycles. The van der Waals surface area contributed by atoms with Gasteiger partial charge in [-0.3, -0.25) is 19.2 Å². The Bertz CT molecular complexity index is 849. The highest BCUT2D eigenvalue weighted by molar-refractivity contribution is 5.78. The molecule has 2 N–H and O–H groups in total. The Morgan fingerprint density at radius 1 is 0.667 bits per heavy atom. The molecule has 42 heavy (non-hydrogen) atoms. The molecule has 0 heterocycles. The normalized spacial score (nSPS) is 24.6. The quantitative estimate of drug-likeness (QED) is 0.0980. The molecule has 9 nitrogen and oxygen atoms in total. The van der Waals surface area contributed by atoms with Crippen LogP contribution in [0.5, 0.6) is 0 Å². The van der Waals surface area contributed by atoms with Crippen LogP contribution in [-0.4, -0.2) is 129 Å². The number of hydrogen-bond donors (Lipinski definition) is 2. The smallest absolute Gasteiger partial charge is 0.326 e. The molecule has 18 heteroatoms. The third-order valence-electron chi connectivity index (χ3n) is 6.37. The average molecular weight is 631 g/mol. The van der Waals surface area contributed by atoms with Gasteiger partial charge in [0.1, 0.15) is 6.04 Å². The number of ether oxygens (including phenoxy) is 1. The lowest BCUT2D eigenvalue weighted by molar-refractivity contribution is -0.187. The molecule has 0 aromatic rings. The van der Waals surface area contributed by atoms with E-state index in [0.29, 0.717) is 0 Å². The summed E-state index contributed by atoms with van der Waals surface area (Å²) in [4.78, 5) is 47.5. The van der Waals surface area contributed by atoms with Gasteiger partial charge in [0, 0.05) is 32.7 Å². The van der Waals surface area contributed by atoms with Crippen molar-refractivity contribution in [2.45, 2.75) is 75.1 Å². The van der Waals surface area contributed by atoms with Crippen molar-refractivity contribution in [3.05, 3.63) is 0 Å². The van der Waals surface area contributed by atoms with Gasteiger partial charge in [-0.2, -0.15) is 0 Å². The molecule has 0 aliphatic heterocycles. The number of hydrogen-bond acceptors (Lipinski definition) is 6. The van der Waals surface area contributed by atoms with E-state index in [1.165, 1.54) is 0 Å². The van der Waals surface area contributed by atoms with Gasteiger partial charge in [0.2, 0.25) is 0 Å². The summed E-state index contributed by atoms with van der Waals surface area (Å²) in [5.74, 6) is -4.41. The first-order valence-corrected chi connectivity index (χ1v) is 13.2. The second-order valence-electron chi connectivity index (χ2n) is 9.45. The highest BCUT2D eigenvalue weighted by Crippen LogP contribution is 2.34. The van der Waals surface area contributed by atoms with E-state index in [0.717, 1.165) is 4.90 Å². The molecule has 1 aliphatic carbocycles. The second kappa shape index (κ2) is 19.4. The zero-order chi connectivity index (χ0) is 31.8. The highest BCUT2D eigenvalue weighted by atomic mass is 19.2. The SMILES string of the molecule is O=C(CF)NCCCN(CCCCC(C(=O)OC1C(F)C(F)C(F)C(F)C1F)N(F)CCCNC(=O)CF)C(=O)CF. The van der Waals surface area contributed by atoms with E-state index in [-0.39, 0.29) is 57.0 Å². The van der Waals surface area contributed by atoms with Gasteiger partial charge in [0.05, 0.1) is 0 Å². The average Bonchev–Trinajstić information content (AvgIpc) is 2.99. The molecule has 0 radical (unpaired) electrons. The van der Waals surface area contributed by atoms with Crippen LogP contribution in [-0.2, 0) is 23.9 Å². The lowest BCUT2D eigenvalue weighted by Crippen LogP contribution is -2.58. The van der Waals surface area contributed by atoms with Crippen LogP contribution < -0.4 is 10.6 Å². The van der Waals surface area contributed by atoms with E-state index in [9.17, 15) is 58.8 Å². The minimum atomic E-state index is -3.15. The Balaban J connectivity index is 2.83. The fraction of sp³-hybridized carbons (Fsp3) is 0.833. The van der Waals surface area contributed by atoms with Gasteiger partial charge in [0.15, 0.2) is 57.0 Å². The number of carbonyl (C=O) groups excluding carboxylic acids is 4. The van der Waals surface area contributed by atoms with E-state index in [2.05, 4.69) is 15.4 Å². The molecule has 0 spiro atoms. The topological polar surface area (TPSA) is 108 Å². The van der Waals surface area contributed by atoms with Gasteiger partial charge in [0.25, 0.3) is 17.7 Å². The van der Waals surface area contributed by atoms with Crippen LogP contribution in [0.25, 0.3) is 0 Å². The van der Waals surface area contributed by atoms with Crippen LogP contribution in [0.3, 0.4) is 0 Å². The molecule has 1 fully saturated rings. The van der Waals surface area contributed by atoms with Crippen molar-refractivity contribution in [2.24, 2.45) is 0 Å². The molecule has 3 amide bonds. The lowest BCUT2D eigenvalue weighted by Gasteiger charge is -2.36. The summed E-state index contributed by atoms with van der Waals surface area (Å²) in [7, 11) is 0. The molecule has 0 saturated heterocycles. The maximum Gasteiger partial charge on any atom is 0.326 e. The lowest BCUT2D eigenvalue weighted by atomic mass is 9.89. The van der Waals surface area contributed by atoms with Gasteiger partial charge in [-0.05, 0) is 32.1 Å². The molecule has 1 rings (SSSR count). The number of esters is 1. The maximum absolute atomic E-state index is 14.9. The number of nitrogens with zero attached hydrogens (tertiary/aromatic N) is 2. The third-order valence-corrected chi connectivity index (χ3v) is 6.37. The molecule has 5 unspecified atom stereocenters. The summed E-state index contributed by atoms with van der Waals surface area (Å²) >= 11 is 0. The van der Waals surface area contributed by atoms with Crippen molar-refractivity contribution >= 4 is 23.7 Å². The van der Waals surface area contributed by atoms with Gasteiger partial charge in [-0.25, -0.2) is 35.1 Å². The van der Waals surface area contributed by atoms with Crippen molar-refractivity contribution in [1.29, 1.82) is 0 Å². The van der Waals surface area contributed by atoms with Crippen LogP contribution in [0.15, 0.2) is 0 Å². The molecule has 5 atom stereocenters. The van der Waals surface area contributed by atoms with Crippen molar-refractivity contribution in [3.8, 4) is 0 Å². The Morgan fingerprint density at radius 3 is 1.64 bits per heavy atom. The minimum Gasteiger partial charge on any atom is -0.455 e. The van der Waals surface area contributed by atoms with Gasteiger partial charge in [-0.1, -0.05) is 0 Å². The highest BCUT2D eigenvalue weighted by Gasteiger charge is 2.56. The van der Waals surface area contributed by atoms with Gasteiger partial charge in [-0.15, -0.1) is 9.60 Å². The summed E-state index contributed by atoms with van der Waals surface area (Å²) in [5, 5.41) is 4.21. The number of carbonyl (C=O) groups is 4. The van der Waals surface area contributed by atoms with E-state index in [1.807, 2.05) is 0 Å². The maximum atomic E-state index is 14.9. The first-order chi connectivity index (χ1) is 19.9. The summed E-state index contributed by atoms with van der Waals surface area (Å²) in [5.41, 5.74) is 0. The number of halogens is 9. The summed E-state index contributed by atoms with van der Waals surface area (Å²) in [6.07, 6.45) is -18.8. The molecule has 0 aromatic carbocycles. The van der Waals surface area contributed by atoms with Crippen LogP contribution in [0.2, 0.25) is 0 Å². The monoisotopic (exact) mass is 630 g/mol. The Morgan fingerprint density at radius 2 is 1.14 bits per heavy atom. The molecular formula is C24H35F9N4O5. The minimum absolute atomic E-state index is 0.00967. The molecule has 0 bridgehead atoms. The van der Waals surface area contributed by atoms with E-state index in [1.54, 1.807) is 0 Å². The van der Waals surface area contributed by atoms with Crippen molar-refractivity contribution in [2.75, 3.05) is 52.7 Å². The molecule has 1 saturated carbocycles. The van der Waals surface area contributed by atoms with E-state index in [4.69, 9.17) is 0 Å². The first-order valence-electron chi connectivity index (χ1n) is 13.2. The Labute approximate surface area is 236 Å². The number of alkyl halides is 8. The second-order valence-corrected chi connectivity index (χ2v) is 9.45. The fourth-order valence-corrected chi connectivity index (χ4v) is 4.07. The standard InChI is InChI=1S/C24H35F9N4O5/c25-11-15(38)34-6-3-9-36(17(40)13-27)8-2-1-5-14(37(33)10-4-7-35-16(39)12-26)24(41)42-23-21(31)19(29)18(28)20(30)22(23)32/h14,18-23H,1-13H2,(H,34,38)(H,35,39). The van der Waals surface area contributed by atoms with Crippen LogP contribution in [0, 0.1) is 0 Å². The van der Waals surface area contributed by atoms with Gasteiger partial charge >= 0.3 is 5.97 Å². The van der Waals surface area contributed by atoms with Crippen molar-refractivity contribution in [3.63, 3.8) is 0 Å². The van der Waals surface area contributed by atoms with E-state index >= 15 is 0 Å². The van der Waals surface area contributed by atoms with Crippen molar-refractivity contribution in [1.82, 2.24) is 20.7 Å². The molecular weight excluding hydrogens is 595 g/mol. The summed E-state index contributed by atoms with van der Waals surface area (Å²) in [6.45, 7) is -4.89. The fourth-order valence-electron chi connectivity index (χ4n) is 4.07. The summed E-state index contributed by atoms with van der Waals surface area (Å²) in [6, 6.07) is -1.90. The van der Waals surface area contributed by atoms with Crippen LogP contribution in [0.1, 0.15) is 32.1 Å². The third kappa shape index (κ3) is 11.8. The number of rotatable bonds is 19. The zero-order valence-corrected chi connectivity index (χ0v) is 22.6.